The molecule has 0 aromatic heterocycles. The highest BCUT2D eigenvalue weighted by Crippen LogP contribution is 2.31. The van der Waals surface area contributed by atoms with Crippen molar-refractivity contribution in [1.82, 2.24) is 15.5 Å². The first kappa shape index (κ1) is 20.8. The fourth-order valence-corrected chi connectivity index (χ4v) is 4.78. The molecule has 1 saturated carbocycles. The summed E-state index contributed by atoms with van der Waals surface area (Å²) in [6, 6.07) is 5.39. The average Bonchev–Trinajstić information content (AvgIpc) is 2.89. The summed E-state index contributed by atoms with van der Waals surface area (Å²) in [5.74, 6) is -0.0252. The van der Waals surface area contributed by atoms with Crippen molar-refractivity contribution in [2.24, 2.45) is 0 Å². The van der Waals surface area contributed by atoms with E-state index in [0.717, 1.165) is 37.1 Å². The lowest BCUT2D eigenvalue weighted by Gasteiger charge is -2.29. The van der Waals surface area contributed by atoms with Gasteiger partial charge in [0.2, 0.25) is 11.8 Å². The summed E-state index contributed by atoms with van der Waals surface area (Å²) in [6.07, 6.45) is 7.64. The largest absolute Gasteiger partial charge is 0.489 e. The number of amides is 3. The molecule has 0 spiro atoms. The van der Waals surface area contributed by atoms with E-state index in [2.05, 4.69) is 17.6 Å². The number of carbonyl (C=O) groups is 3. The van der Waals surface area contributed by atoms with E-state index < -0.39 is 6.04 Å². The molecule has 0 bridgehead atoms. The molecule has 1 saturated heterocycles. The number of benzene rings is 1. The van der Waals surface area contributed by atoms with Crippen LogP contribution in [0.25, 0.3) is 0 Å². The molecule has 0 radical (unpaired) electrons. The Morgan fingerprint density at radius 2 is 1.97 bits per heavy atom. The summed E-state index contributed by atoms with van der Waals surface area (Å²) in [5.41, 5.74) is 1.50. The van der Waals surface area contributed by atoms with Gasteiger partial charge in [0.05, 0.1) is 0 Å². The highest BCUT2D eigenvalue weighted by Gasteiger charge is 2.39. The molecule has 2 heterocycles. The number of fused-ring (bicyclic) bond motifs is 1. The SMILES string of the molecule is CCCN[C@H]1CCCCC[C@@H]1Oc1ccc2c(c1)CN(C1CCC(=O)NC1=O)C2=O. The van der Waals surface area contributed by atoms with E-state index >= 15 is 0 Å². The normalized spacial score (nSPS) is 26.9. The topological polar surface area (TPSA) is 87.7 Å². The molecule has 4 rings (SSSR count). The Balaban J connectivity index is 1.47. The Morgan fingerprint density at radius 3 is 2.77 bits per heavy atom. The predicted octanol–water partition coefficient (Wildman–Crippen LogP) is 2.53. The van der Waals surface area contributed by atoms with Gasteiger partial charge in [-0.05, 0) is 62.4 Å². The summed E-state index contributed by atoms with van der Waals surface area (Å²) >= 11 is 0. The molecule has 1 aromatic carbocycles. The van der Waals surface area contributed by atoms with Crippen LogP contribution in [0.2, 0.25) is 0 Å². The second kappa shape index (κ2) is 9.16. The second-order valence-corrected chi connectivity index (χ2v) is 8.57. The standard InChI is InChI=1S/C23H31N3O4/c1-2-12-24-18-6-4-3-5-7-20(18)30-16-8-9-17-15(13-16)14-26(23(17)29)19-10-11-21(27)25-22(19)28/h8-9,13,18-20,24H,2-7,10-12,14H2,1H3,(H,25,27,28)/t18-,19?,20-/m0/s1. The summed E-state index contributed by atoms with van der Waals surface area (Å²) in [7, 11) is 0. The maximum atomic E-state index is 12.9. The fourth-order valence-electron chi connectivity index (χ4n) is 4.78. The highest BCUT2D eigenvalue weighted by atomic mass is 16.5. The molecular formula is C23H31N3O4. The van der Waals surface area contributed by atoms with Gasteiger partial charge in [0.25, 0.3) is 5.91 Å². The summed E-state index contributed by atoms with van der Waals surface area (Å²) in [4.78, 5) is 38.1. The smallest absolute Gasteiger partial charge is 0.255 e. The zero-order valence-electron chi connectivity index (χ0n) is 17.6. The Labute approximate surface area is 177 Å². The third-order valence-corrected chi connectivity index (χ3v) is 6.39. The molecule has 1 aliphatic carbocycles. The van der Waals surface area contributed by atoms with Crippen LogP contribution in [-0.4, -0.2) is 47.4 Å². The molecule has 2 N–H and O–H groups in total. The van der Waals surface area contributed by atoms with Crippen LogP contribution in [0.5, 0.6) is 5.75 Å². The minimum absolute atomic E-state index is 0.125. The van der Waals surface area contributed by atoms with Crippen molar-refractivity contribution < 1.29 is 19.1 Å². The van der Waals surface area contributed by atoms with E-state index in [1.807, 2.05) is 18.2 Å². The molecule has 3 amide bonds. The van der Waals surface area contributed by atoms with Gasteiger partial charge in [-0.1, -0.05) is 19.8 Å². The fraction of sp³-hybridized carbons (Fsp3) is 0.609. The Morgan fingerprint density at radius 1 is 1.13 bits per heavy atom. The molecule has 30 heavy (non-hydrogen) atoms. The van der Waals surface area contributed by atoms with E-state index in [-0.39, 0.29) is 30.2 Å². The Hall–Kier alpha value is -2.41. The zero-order valence-corrected chi connectivity index (χ0v) is 17.6. The van der Waals surface area contributed by atoms with Crippen LogP contribution in [0, 0.1) is 0 Å². The van der Waals surface area contributed by atoms with Gasteiger partial charge in [-0.3, -0.25) is 19.7 Å². The number of ether oxygens (including phenoxy) is 1. The van der Waals surface area contributed by atoms with Crippen molar-refractivity contribution in [3.63, 3.8) is 0 Å². The van der Waals surface area contributed by atoms with Gasteiger partial charge in [0.1, 0.15) is 17.9 Å². The minimum atomic E-state index is -0.587. The maximum absolute atomic E-state index is 12.9. The summed E-state index contributed by atoms with van der Waals surface area (Å²) in [5, 5.41) is 5.98. The maximum Gasteiger partial charge on any atom is 0.255 e. The van der Waals surface area contributed by atoms with Crippen molar-refractivity contribution in [3.05, 3.63) is 29.3 Å². The van der Waals surface area contributed by atoms with E-state index in [4.69, 9.17) is 4.74 Å². The molecule has 162 valence electrons. The lowest BCUT2D eigenvalue weighted by atomic mass is 10.0. The van der Waals surface area contributed by atoms with Crippen molar-refractivity contribution >= 4 is 17.7 Å². The van der Waals surface area contributed by atoms with Gasteiger partial charge >= 0.3 is 0 Å². The summed E-state index contributed by atoms with van der Waals surface area (Å²) < 4.78 is 6.41. The number of piperidine rings is 1. The zero-order chi connectivity index (χ0) is 21.1. The first-order valence-corrected chi connectivity index (χ1v) is 11.2. The molecule has 1 aromatic rings. The van der Waals surface area contributed by atoms with Crippen molar-refractivity contribution in [1.29, 1.82) is 0 Å². The van der Waals surface area contributed by atoms with Crippen LogP contribution >= 0.6 is 0 Å². The first-order valence-electron chi connectivity index (χ1n) is 11.2. The molecular weight excluding hydrogens is 382 g/mol. The second-order valence-electron chi connectivity index (χ2n) is 8.57. The minimum Gasteiger partial charge on any atom is -0.489 e. The number of carbonyl (C=O) groups excluding carboxylic acids is 3. The van der Waals surface area contributed by atoms with Gasteiger partial charge < -0.3 is 15.0 Å². The Bertz CT molecular complexity index is 825. The number of rotatable bonds is 6. The van der Waals surface area contributed by atoms with Crippen LogP contribution in [0.1, 0.15) is 74.2 Å². The van der Waals surface area contributed by atoms with E-state index in [9.17, 15) is 14.4 Å². The third-order valence-electron chi connectivity index (χ3n) is 6.39. The number of hydrogen-bond acceptors (Lipinski definition) is 5. The summed E-state index contributed by atoms with van der Waals surface area (Å²) in [6.45, 7) is 3.54. The number of imide groups is 1. The third kappa shape index (κ3) is 4.36. The van der Waals surface area contributed by atoms with Crippen LogP contribution < -0.4 is 15.4 Å². The van der Waals surface area contributed by atoms with E-state index in [0.29, 0.717) is 24.6 Å². The van der Waals surface area contributed by atoms with Crippen molar-refractivity contribution in [2.75, 3.05) is 6.54 Å². The van der Waals surface area contributed by atoms with Crippen molar-refractivity contribution in [3.8, 4) is 5.75 Å². The molecule has 2 aliphatic heterocycles. The number of hydrogen-bond donors (Lipinski definition) is 2. The Kier molecular flexibility index (Phi) is 6.37. The molecule has 7 heteroatoms. The number of nitrogens with zero attached hydrogens (tertiary/aromatic N) is 1. The average molecular weight is 414 g/mol. The van der Waals surface area contributed by atoms with Crippen LogP contribution in [0.15, 0.2) is 18.2 Å². The van der Waals surface area contributed by atoms with E-state index in [1.54, 1.807) is 4.90 Å². The van der Waals surface area contributed by atoms with Crippen LogP contribution in [0.4, 0.5) is 0 Å². The van der Waals surface area contributed by atoms with E-state index in [1.165, 1.54) is 19.3 Å². The lowest BCUT2D eigenvalue weighted by molar-refractivity contribution is -0.136. The van der Waals surface area contributed by atoms with Gasteiger partial charge in [0, 0.05) is 24.6 Å². The van der Waals surface area contributed by atoms with Gasteiger partial charge in [-0.2, -0.15) is 0 Å². The molecule has 7 nitrogen and oxygen atoms in total. The predicted molar refractivity (Wildman–Crippen MR) is 112 cm³/mol. The molecule has 1 unspecified atom stereocenters. The van der Waals surface area contributed by atoms with Crippen LogP contribution in [-0.2, 0) is 16.1 Å². The first-order chi connectivity index (χ1) is 14.6. The molecule has 2 fully saturated rings. The van der Waals surface area contributed by atoms with Gasteiger partial charge in [0.15, 0.2) is 0 Å². The molecule has 3 atom stereocenters. The van der Waals surface area contributed by atoms with Crippen LogP contribution in [0.3, 0.4) is 0 Å². The molecule has 3 aliphatic rings. The number of nitrogens with one attached hydrogen (secondary N) is 2. The van der Waals surface area contributed by atoms with Crippen molar-refractivity contribution in [2.45, 2.75) is 83.0 Å². The highest BCUT2D eigenvalue weighted by molar-refractivity contribution is 6.05. The quantitative estimate of drug-likeness (QED) is 0.553. The monoisotopic (exact) mass is 413 g/mol. The lowest BCUT2D eigenvalue weighted by Crippen LogP contribution is -2.52. The van der Waals surface area contributed by atoms with Gasteiger partial charge in [-0.15, -0.1) is 0 Å². The van der Waals surface area contributed by atoms with Gasteiger partial charge in [-0.25, -0.2) is 0 Å².